The van der Waals surface area contributed by atoms with Gasteiger partial charge in [-0.15, -0.1) is 0 Å². The summed E-state index contributed by atoms with van der Waals surface area (Å²) in [6.07, 6.45) is 7.44. The first-order valence-corrected chi connectivity index (χ1v) is 9.55. The Kier molecular flexibility index (Phi) is 7.21. The molecular weight excluding hydrogens is 316 g/mol. The second-order valence-electron chi connectivity index (χ2n) is 6.94. The quantitative estimate of drug-likeness (QED) is 0.779. The minimum absolute atomic E-state index is 0.163. The summed E-state index contributed by atoms with van der Waals surface area (Å²) >= 11 is 0. The van der Waals surface area contributed by atoms with Gasteiger partial charge in [0, 0.05) is 25.4 Å². The van der Waals surface area contributed by atoms with E-state index in [1.54, 1.807) is 6.20 Å². The lowest BCUT2D eigenvalue weighted by Gasteiger charge is -2.31. The maximum absolute atomic E-state index is 12.9. The molecule has 2 N–H and O–H groups in total. The summed E-state index contributed by atoms with van der Waals surface area (Å²) in [4.78, 5) is 19.3. The summed E-state index contributed by atoms with van der Waals surface area (Å²) in [6.45, 7) is 4.58. The van der Waals surface area contributed by atoms with Crippen molar-refractivity contribution < 1.29 is 9.53 Å². The standard InChI is InChI=1S/C19H30N4O2/c24-19(14-21-13-18-7-4-12-25-18)23(15-16-5-1-2-10-22-16)17-6-3-9-20-11-8-17/h1-2,5,10,17-18,20-21H,3-4,6-9,11-15H2. The van der Waals surface area contributed by atoms with Crippen molar-refractivity contribution in [3.05, 3.63) is 30.1 Å². The van der Waals surface area contributed by atoms with E-state index in [1.165, 1.54) is 0 Å². The second-order valence-corrected chi connectivity index (χ2v) is 6.94. The second kappa shape index (κ2) is 9.85. The highest BCUT2D eigenvalue weighted by molar-refractivity contribution is 5.78. The number of nitrogens with zero attached hydrogens (tertiary/aromatic N) is 2. The summed E-state index contributed by atoms with van der Waals surface area (Å²) in [5.74, 6) is 0.163. The molecule has 0 bridgehead atoms. The van der Waals surface area contributed by atoms with Gasteiger partial charge in [-0.2, -0.15) is 0 Å². The number of pyridine rings is 1. The van der Waals surface area contributed by atoms with Gasteiger partial charge in [-0.3, -0.25) is 9.78 Å². The Hall–Kier alpha value is -1.50. The van der Waals surface area contributed by atoms with Crippen LogP contribution < -0.4 is 10.6 Å². The molecule has 2 aliphatic rings. The lowest BCUT2D eigenvalue weighted by molar-refractivity contribution is -0.133. The van der Waals surface area contributed by atoms with Gasteiger partial charge in [0.25, 0.3) is 0 Å². The predicted molar refractivity (Wildman–Crippen MR) is 97.1 cm³/mol. The number of rotatable bonds is 7. The van der Waals surface area contributed by atoms with Crippen molar-refractivity contribution in [3.8, 4) is 0 Å². The first-order chi connectivity index (χ1) is 12.3. The third-order valence-electron chi connectivity index (χ3n) is 5.04. The first kappa shape index (κ1) is 18.3. The van der Waals surface area contributed by atoms with Crippen LogP contribution in [0.15, 0.2) is 24.4 Å². The molecule has 6 heteroatoms. The summed E-state index contributed by atoms with van der Waals surface area (Å²) in [5.41, 5.74) is 0.951. The summed E-state index contributed by atoms with van der Waals surface area (Å²) in [7, 11) is 0. The highest BCUT2D eigenvalue weighted by Gasteiger charge is 2.25. The third kappa shape index (κ3) is 5.76. The molecule has 3 rings (SSSR count). The molecule has 2 unspecified atom stereocenters. The Morgan fingerprint density at radius 2 is 2.24 bits per heavy atom. The van der Waals surface area contributed by atoms with Crippen LogP contribution in [0.5, 0.6) is 0 Å². The van der Waals surface area contributed by atoms with Crippen molar-refractivity contribution in [2.24, 2.45) is 0 Å². The van der Waals surface area contributed by atoms with E-state index in [9.17, 15) is 4.79 Å². The molecule has 0 saturated carbocycles. The Morgan fingerprint density at radius 1 is 1.28 bits per heavy atom. The summed E-state index contributed by atoms with van der Waals surface area (Å²) in [5, 5.41) is 6.73. The highest BCUT2D eigenvalue weighted by atomic mass is 16.5. The van der Waals surface area contributed by atoms with E-state index in [0.717, 1.165) is 64.0 Å². The molecular formula is C19H30N4O2. The molecule has 0 aromatic carbocycles. The number of ether oxygens (including phenoxy) is 1. The Balaban J connectivity index is 1.58. The Bertz CT molecular complexity index is 511. The van der Waals surface area contributed by atoms with Gasteiger partial charge in [0.1, 0.15) is 0 Å². The van der Waals surface area contributed by atoms with Gasteiger partial charge in [-0.05, 0) is 57.3 Å². The SMILES string of the molecule is O=C(CNCC1CCCO1)N(Cc1ccccn1)C1CCCNCC1. The molecule has 138 valence electrons. The topological polar surface area (TPSA) is 66.5 Å². The van der Waals surface area contributed by atoms with Gasteiger partial charge in [-0.25, -0.2) is 0 Å². The molecule has 2 atom stereocenters. The minimum Gasteiger partial charge on any atom is -0.377 e. The molecule has 1 aromatic heterocycles. The van der Waals surface area contributed by atoms with Gasteiger partial charge in [0.05, 0.1) is 24.9 Å². The van der Waals surface area contributed by atoms with Crippen LogP contribution >= 0.6 is 0 Å². The Morgan fingerprint density at radius 3 is 3.04 bits per heavy atom. The van der Waals surface area contributed by atoms with Crippen LogP contribution in [0.1, 0.15) is 37.8 Å². The number of carbonyl (C=O) groups excluding carboxylic acids is 1. The van der Waals surface area contributed by atoms with Crippen LogP contribution in [0.25, 0.3) is 0 Å². The molecule has 1 aromatic rings. The fourth-order valence-corrected chi connectivity index (χ4v) is 3.65. The minimum atomic E-state index is 0.163. The zero-order chi connectivity index (χ0) is 17.3. The molecule has 2 saturated heterocycles. The van der Waals surface area contributed by atoms with E-state index in [1.807, 2.05) is 23.1 Å². The van der Waals surface area contributed by atoms with Gasteiger partial charge >= 0.3 is 0 Å². The average Bonchev–Trinajstić information content (AvgIpc) is 3.01. The monoisotopic (exact) mass is 346 g/mol. The van der Waals surface area contributed by atoms with Gasteiger partial charge < -0.3 is 20.3 Å². The van der Waals surface area contributed by atoms with Gasteiger partial charge in [0.2, 0.25) is 5.91 Å². The van der Waals surface area contributed by atoms with E-state index < -0.39 is 0 Å². The molecule has 0 aliphatic carbocycles. The third-order valence-corrected chi connectivity index (χ3v) is 5.04. The zero-order valence-electron chi connectivity index (χ0n) is 15.0. The average molecular weight is 346 g/mol. The van der Waals surface area contributed by atoms with Crippen LogP contribution in [0.2, 0.25) is 0 Å². The van der Waals surface area contributed by atoms with E-state index in [-0.39, 0.29) is 18.1 Å². The fourth-order valence-electron chi connectivity index (χ4n) is 3.65. The normalized spacial score (nSPS) is 24.0. The molecule has 3 heterocycles. The lowest BCUT2D eigenvalue weighted by atomic mass is 10.1. The number of hydrogen-bond acceptors (Lipinski definition) is 5. The highest BCUT2D eigenvalue weighted by Crippen LogP contribution is 2.16. The van der Waals surface area contributed by atoms with Crippen LogP contribution in [0.3, 0.4) is 0 Å². The summed E-state index contributed by atoms with van der Waals surface area (Å²) in [6, 6.07) is 6.17. The molecule has 2 aliphatic heterocycles. The predicted octanol–water partition coefficient (Wildman–Crippen LogP) is 1.32. The van der Waals surface area contributed by atoms with Crippen molar-refractivity contribution in [2.75, 3.05) is 32.8 Å². The molecule has 2 fully saturated rings. The van der Waals surface area contributed by atoms with Crippen molar-refractivity contribution >= 4 is 5.91 Å². The number of aromatic nitrogens is 1. The fraction of sp³-hybridized carbons (Fsp3) is 0.684. The lowest BCUT2D eigenvalue weighted by Crippen LogP contribution is -2.45. The summed E-state index contributed by atoms with van der Waals surface area (Å²) < 4.78 is 5.62. The maximum atomic E-state index is 12.9. The van der Waals surface area contributed by atoms with Crippen molar-refractivity contribution in [3.63, 3.8) is 0 Å². The Labute approximate surface area is 150 Å². The molecule has 6 nitrogen and oxygen atoms in total. The van der Waals surface area contributed by atoms with Gasteiger partial charge in [-0.1, -0.05) is 6.07 Å². The van der Waals surface area contributed by atoms with Crippen molar-refractivity contribution in [2.45, 2.75) is 50.8 Å². The van der Waals surface area contributed by atoms with E-state index >= 15 is 0 Å². The smallest absolute Gasteiger partial charge is 0.237 e. The van der Waals surface area contributed by atoms with Crippen LogP contribution in [0, 0.1) is 0 Å². The number of hydrogen-bond donors (Lipinski definition) is 2. The molecule has 0 radical (unpaired) electrons. The number of carbonyl (C=O) groups is 1. The van der Waals surface area contributed by atoms with Crippen LogP contribution in [-0.2, 0) is 16.1 Å². The zero-order valence-corrected chi connectivity index (χ0v) is 15.0. The van der Waals surface area contributed by atoms with E-state index in [2.05, 4.69) is 15.6 Å². The number of nitrogens with one attached hydrogen (secondary N) is 2. The largest absolute Gasteiger partial charge is 0.377 e. The van der Waals surface area contributed by atoms with Crippen molar-refractivity contribution in [1.29, 1.82) is 0 Å². The van der Waals surface area contributed by atoms with Crippen LogP contribution in [0.4, 0.5) is 0 Å². The molecule has 1 amide bonds. The molecule has 25 heavy (non-hydrogen) atoms. The number of amides is 1. The maximum Gasteiger partial charge on any atom is 0.237 e. The molecule has 0 spiro atoms. The van der Waals surface area contributed by atoms with E-state index in [4.69, 9.17) is 4.74 Å². The van der Waals surface area contributed by atoms with Crippen LogP contribution in [-0.4, -0.2) is 60.7 Å². The first-order valence-electron chi connectivity index (χ1n) is 9.55. The van der Waals surface area contributed by atoms with E-state index in [0.29, 0.717) is 13.1 Å². The van der Waals surface area contributed by atoms with Crippen molar-refractivity contribution in [1.82, 2.24) is 20.5 Å². The van der Waals surface area contributed by atoms with Gasteiger partial charge in [0.15, 0.2) is 0 Å².